The molecule has 5 rings (SSSR count). The molecule has 30 heavy (non-hydrogen) atoms. The van der Waals surface area contributed by atoms with Gasteiger partial charge in [-0.25, -0.2) is 0 Å². The van der Waals surface area contributed by atoms with E-state index in [0.29, 0.717) is 36.0 Å². The normalized spacial score (nSPS) is 16.8. The fourth-order valence-corrected chi connectivity index (χ4v) is 4.55. The number of carbonyl (C=O) groups is 1. The molecule has 1 aromatic carbocycles. The Morgan fingerprint density at radius 3 is 3.10 bits per heavy atom. The number of carbonyl (C=O) groups excluding carboxylic acids is 1. The molecular formula is C22H21N3O4S. The number of benzene rings is 1. The van der Waals surface area contributed by atoms with Crippen LogP contribution in [0, 0.1) is 5.92 Å². The lowest BCUT2D eigenvalue weighted by atomic mass is 9.94. The van der Waals surface area contributed by atoms with Crippen LogP contribution in [0.2, 0.25) is 0 Å². The summed E-state index contributed by atoms with van der Waals surface area (Å²) in [5.41, 5.74) is 1.65. The van der Waals surface area contributed by atoms with Gasteiger partial charge in [0, 0.05) is 35.8 Å². The van der Waals surface area contributed by atoms with Gasteiger partial charge < -0.3 is 18.6 Å². The highest BCUT2D eigenvalue weighted by molar-refractivity contribution is 7.08. The van der Waals surface area contributed by atoms with Crippen molar-refractivity contribution in [3.8, 4) is 17.1 Å². The largest absolute Gasteiger partial charge is 0.497 e. The van der Waals surface area contributed by atoms with Crippen molar-refractivity contribution in [2.75, 3.05) is 20.2 Å². The van der Waals surface area contributed by atoms with Crippen LogP contribution in [0.5, 0.6) is 5.75 Å². The molecule has 0 radical (unpaired) electrons. The van der Waals surface area contributed by atoms with Gasteiger partial charge in [-0.05, 0) is 54.5 Å². The highest BCUT2D eigenvalue weighted by Gasteiger charge is 2.28. The number of piperidine rings is 1. The molecule has 4 aromatic rings. The Morgan fingerprint density at radius 2 is 2.27 bits per heavy atom. The molecule has 1 amide bonds. The van der Waals surface area contributed by atoms with Gasteiger partial charge in [-0.3, -0.25) is 4.79 Å². The molecule has 1 aliphatic heterocycles. The number of rotatable bonds is 5. The van der Waals surface area contributed by atoms with Crippen LogP contribution in [0.4, 0.5) is 0 Å². The Kier molecular flexibility index (Phi) is 5.00. The predicted octanol–water partition coefficient (Wildman–Crippen LogP) is 4.65. The number of ether oxygens (including phenoxy) is 1. The number of methoxy groups -OCH3 is 1. The molecule has 0 bridgehead atoms. The zero-order valence-electron chi connectivity index (χ0n) is 16.5. The summed E-state index contributed by atoms with van der Waals surface area (Å²) in [4.78, 5) is 19.4. The van der Waals surface area contributed by atoms with E-state index in [-0.39, 0.29) is 11.8 Å². The minimum atomic E-state index is -0.0839. The zero-order valence-corrected chi connectivity index (χ0v) is 17.4. The monoisotopic (exact) mass is 423 g/mol. The van der Waals surface area contributed by atoms with Gasteiger partial charge >= 0.3 is 0 Å². The molecule has 0 aliphatic carbocycles. The topological polar surface area (TPSA) is 81.6 Å². The molecule has 154 valence electrons. The molecule has 0 saturated carbocycles. The van der Waals surface area contributed by atoms with Crippen LogP contribution < -0.4 is 4.74 Å². The maximum Gasteiger partial charge on any atom is 0.289 e. The first-order chi connectivity index (χ1) is 14.7. The van der Waals surface area contributed by atoms with Crippen LogP contribution in [0.15, 0.2) is 50.0 Å². The lowest BCUT2D eigenvalue weighted by Gasteiger charge is -2.31. The molecule has 8 heteroatoms. The second-order valence-electron chi connectivity index (χ2n) is 7.50. The van der Waals surface area contributed by atoms with Crippen molar-refractivity contribution in [2.24, 2.45) is 5.92 Å². The van der Waals surface area contributed by atoms with Crippen molar-refractivity contribution >= 4 is 28.2 Å². The summed E-state index contributed by atoms with van der Waals surface area (Å²) < 4.78 is 16.5. The fourth-order valence-electron chi connectivity index (χ4n) is 3.92. The molecular weight excluding hydrogens is 402 g/mol. The van der Waals surface area contributed by atoms with E-state index in [1.165, 1.54) is 0 Å². The SMILES string of the molecule is COc1ccc2oc(C(=O)N3CCCC(Cc4nc(-c5ccsc5)no4)C3)cc2c1. The van der Waals surface area contributed by atoms with Crippen LogP contribution in [0.25, 0.3) is 22.4 Å². The van der Waals surface area contributed by atoms with Crippen LogP contribution in [-0.4, -0.2) is 41.1 Å². The van der Waals surface area contributed by atoms with Crippen molar-refractivity contribution < 1.29 is 18.5 Å². The minimum absolute atomic E-state index is 0.0839. The predicted molar refractivity (Wildman–Crippen MR) is 113 cm³/mol. The van der Waals surface area contributed by atoms with Crippen LogP contribution >= 0.6 is 11.3 Å². The highest BCUT2D eigenvalue weighted by atomic mass is 32.1. The van der Waals surface area contributed by atoms with Gasteiger partial charge in [-0.15, -0.1) is 0 Å². The molecule has 0 N–H and O–H groups in total. The Hall–Kier alpha value is -3.13. The van der Waals surface area contributed by atoms with Gasteiger partial charge in [-0.1, -0.05) is 5.16 Å². The number of thiophene rings is 1. The maximum atomic E-state index is 13.0. The first kappa shape index (κ1) is 18.9. The summed E-state index contributed by atoms with van der Waals surface area (Å²) >= 11 is 1.60. The fraction of sp³-hybridized carbons (Fsp3) is 0.318. The number of hydrogen-bond acceptors (Lipinski definition) is 7. The Balaban J connectivity index is 1.27. The van der Waals surface area contributed by atoms with Gasteiger partial charge in [0.15, 0.2) is 5.76 Å². The van der Waals surface area contributed by atoms with E-state index >= 15 is 0 Å². The molecule has 3 aromatic heterocycles. The third-order valence-corrected chi connectivity index (χ3v) is 6.13. The van der Waals surface area contributed by atoms with Crippen molar-refractivity contribution in [3.05, 3.63) is 52.7 Å². The first-order valence-corrected chi connectivity index (χ1v) is 10.9. The number of nitrogens with zero attached hydrogens (tertiary/aromatic N) is 3. The summed E-state index contributed by atoms with van der Waals surface area (Å²) in [5, 5.41) is 8.93. The molecule has 4 heterocycles. The molecule has 1 unspecified atom stereocenters. The summed E-state index contributed by atoms with van der Waals surface area (Å²) in [6, 6.07) is 9.28. The minimum Gasteiger partial charge on any atom is -0.497 e. The average Bonchev–Trinajstić information content (AvgIpc) is 3.52. The van der Waals surface area contributed by atoms with E-state index in [2.05, 4.69) is 10.1 Å². The molecule has 1 aliphatic rings. The van der Waals surface area contributed by atoms with Crippen molar-refractivity contribution in [1.82, 2.24) is 15.0 Å². The number of likely N-dealkylation sites (tertiary alicyclic amines) is 1. The van der Waals surface area contributed by atoms with Gasteiger partial charge in [-0.2, -0.15) is 16.3 Å². The van der Waals surface area contributed by atoms with Crippen LogP contribution in [-0.2, 0) is 6.42 Å². The number of hydrogen-bond donors (Lipinski definition) is 0. The summed E-state index contributed by atoms with van der Waals surface area (Å²) in [5.74, 6) is 2.53. The Morgan fingerprint density at radius 1 is 1.33 bits per heavy atom. The van der Waals surface area contributed by atoms with E-state index in [1.54, 1.807) is 24.5 Å². The van der Waals surface area contributed by atoms with Gasteiger partial charge in [0.05, 0.1) is 7.11 Å². The highest BCUT2D eigenvalue weighted by Crippen LogP contribution is 2.27. The zero-order chi connectivity index (χ0) is 20.5. The van der Waals surface area contributed by atoms with Gasteiger partial charge in [0.25, 0.3) is 5.91 Å². The Bertz CT molecular complexity index is 1160. The third-order valence-electron chi connectivity index (χ3n) is 5.45. The third kappa shape index (κ3) is 3.70. The molecule has 0 spiro atoms. The van der Waals surface area contributed by atoms with E-state index < -0.39 is 0 Å². The van der Waals surface area contributed by atoms with Crippen molar-refractivity contribution in [2.45, 2.75) is 19.3 Å². The number of aromatic nitrogens is 2. The lowest BCUT2D eigenvalue weighted by molar-refractivity contribution is 0.0638. The smallest absolute Gasteiger partial charge is 0.289 e. The van der Waals surface area contributed by atoms with E-state index in [9.17, 15) is 4.79 Å². The average molecular weight is 423 g/mol. The summed E-state index contributed by atoms with van der Waals surface area (Å²) in [6.07, 6.45) is 2.63. The van der Waals surface area contributed by atoms with Gasteiger partial charge in [0.1, 0.15) is 11.3 Å². The van der Waals surface area contributed by atoms with E-state index in [1.807, 2.05) is 39.9 Å². The number of fused-ring (bicyclic) bond motifs is 1. The van der Waals surface area contributed by atoms with Gasteiger partial charge in [0.2, 0.25) is 11.7 Å². The Labute approximate surface area is 177 Å². The second kappa shape index (κ2) is 7.95. The quantitative estimate of drug-likeness (QED) is 0.465. The lowest BCUT2D eigenvalue weighted by Crippen LogP contribution is -2.40. The molecule has 7 nitrogen and oxygen atoms in total. The number of amides is 1. The van der Waals surface area contributed by atoms with Crippen molar-refractivity contribution in [3.63, 3.8) is 0 Å². The maximum absolute atomic E-state index is 13.0. The molecule has 1 saturated heterocycles. The summed E-state index contributed by atoms with van der Waals surface area (Å²) in [7, 11) is 1.62. The van der Waals surface area contributed by atoms with E-state index in [0.717, 1.165) is 36.1 Å². The second-order valence-corrected chi connectivity index (χ2v) is 8.28. The van der Waals surface area contributed by atoms with E-state index in [4.69, 9.17) is 13.7 Å². The summed E-state index contributed by atoms with van der Waals surface area (Å²) in [6.45, 7) is 1.37. The standard InChI is InChI=1S/C22H21N3O4S/c1-27-17-4-5-18-16(10-17)11-19(28-18)22(26)25-7-2-3-14(12-25)9-20-23-21(24-29-20)15-6-8-30-13-15/h4-6,8,10-11,13-14H,2-3,7,9,12H2,1H3. The molecule has 1 fully saturated rings. The van der Waals surface area contributed by atoms with Crippen molar-refractivity contribution in [1.29, 1.82) is 0 Å². The molecule has 1 atom stereocenters. The first-order valence-electron chi connectivity index (χ1n) is 9.91. The van der Waals surface area contributed by atoms with Crippen LogP contribution in [0.3, 0.4) is 0 Å². The number of furan rings is 1. The van der Waals surface area contributed by atoms with Crippen LogP contribution in [0.1, 0.15) is 29.3 Å².